The molecule has 0 spiro atoms. The van der Waals surface area contributed by atoms with Crippen molar-refractivity contribution in [1.29, 1.82) is 0 Å². The molecule has 0 atom stereocenters. The van der Waals surface area contributed by atoms with Crippen molar-refractivity contribution in [3.63, 3.8) is 0 Å². The number of rotatable bonds is 6. The van der Waals surface area contributed by atoms with Gasteiger partial charge in [-0.1, -0.05) is 11.6 Å². The minimum atomic E-state index is -0.419. The van der Waals surface area contributed by atoms with E-state index in [2.05, 4.69) is 15.2 Å². The van der Waals surface area contributed by atoms with Crippen LogP contribution in [0.5, 0.6) is 0 Å². The van der Waals surface area contributed by atoms with Gasteiger partial charge in [-0.05, 0) is 56.2 Å². The fourth-order valence-corrected chi connectivity index (χ4v) is 2.99. The number of aliphatic hydroxyl groups is 1. The summed E-state index contributed by atoms with van der Waals surface area (Å²) in [6.45, 7) is 8.47. The average molecular weight is 390 g/mol. The third-order valence-corrected chi connectivity index (χ3v) is 4.74. The molecule has 27 heavy (non-hydrogen) atoms. The van der Waals surface area contributed by atoms with E-state index in [1.165, 1.54) is 6.92 Å². The quantitative estimate of drug-likeness (QED) is 0.733. The number of Topliss-reactive ketones (excluding diaryl/α,β-unsaturated/α-hetero) is 1. The molecule has 1 aliphatic carbocycles. The summed E-state index contributed by atoms with van der Waals surface area (Å²) in [6.07, 6.45) is 1.54. The zero-order chi connectivity index (χ0) is 20.1. The predicted octanol–water partition coefficient (Wildman–Crippen LogP) is 3.00. The van der Waals surface area contributed by atoms with Gasteiger partial charge in [0.1, 0.15) is 0 Å². The number of aryl methyl sites for hydroxylation is 1. The Morgan fingerprint density at radius 1 is 1.33 bits per heavy atom. The molecule has 0 radical (unpaired) electrons. The molecule has 0 bridgehead atoms. The Labute approximate surface area is 164 Å². The number of allylic oxidation sites excluding steroid dienone is 3. The van der Waals surface area contributed by atoms with Crippen LogP contribution in [0, 0.1) is 6.92 Å². The topological polar surface area (TPSA) is 82.0 Å². The van der Waals surface area contributed by atoms with E-state index in [9.17, 15) is 14.7 Å². The molecule has 7 heteroatoms. The van der Waals surface area contributed by atoms with Crippen LogP contribution in [-0.4, -0.2) is 42.2 Å². The van der Waals surface area contributed by atoms with Crippen molar-refractivity contribution in [2.75, 3.05) is 24.6 Å². The minimum Gasteiger partial charge on any atom is -0.395 e. The van der Waals surface area contributed by atoms with Gasteiger partial charge in [0.05, 0.1) is 28.7 Å². The number of aliphatic hydroxyl groups excluding tert-OH is 1. The van der Waals surface area contributed by atoms with Gasteiger partial charge in [0.2, 0.25) is 11.7 Å². The molecule has 0 fully saturated rings. The van der Waals surface area contributed by atoms with Crippen molar-refractivity contribution in [2.24, 2.45) is 4.99 Å². The molecule has 1 amide bonds. The largest absolute Gasteiger partial charge is 0.395 e. The van der Waals surface area contributed by atoms with Crippen molar-refractivity contribution in [3.05, 3.63) is 46.1 Å². The number of nitrogens with zero attached hydrogens (tertiary/aromatic N) is 2. The fourth-order valence-electron chi connectivity index (χ4n) is 2.79. The molecule has 1 aromatic rings. The van der Waals surface area contributed by atoms with E-state index in [0.29, 0.717) is 17.8 Å². The van der Waals surface area contributed by atoms with Crippen LogP contribution in [0.1, 0.15) is 26.3 Å². The number of ketones is 1. The summed E-state index contributed by atoms with van der Waals surface area (Å²) >= 11 is 6.14. The number of benzene rings is 1. The highest BCUT2D eigenvalue weighted by Crippen LogP contribution is 2.28. The summed E-state index contributed by atoms with van der Waals surface area (Å²) in [5.74, 6) is -0.764. The van der Waals surface area contributed by atoms with Crippen molar-refractivity contribution in [1.82, 2.24) is 5.32 Å². The van der Waals surface area contributed by atoms with Crippen molar-refractivity contribution in [3.8, 4) is 0 Å². The molecule has 0 aromatic heterocycles. The highest BCUT2D eigenvalue weighted by Gasteiger charge is 2.24. The first-order valence-electron chi connectivity index (χ1n) is 8.74. The van der Waals surface area contributed by atoms with Crippen LogP contribution in [0.25, 0.3) is 0 Å². The zero-order valence-corrected chi connectivity index (χ0v) is 16.7. The van der Waals surface area contributed by atoms with Crippen molar-refractivity contribution < 1.29 is 14.7 Å². The number of hydrogen-bond acceptors (Lipinski definition) is 5. The number of halogens is 1. The van der Waals surface area contributed by atoms with Crippen LogP contribution in [0.2, 0.25) is 0 Å². The molecule has 0 saturated carbocycles. The second kappa shape index (κ2) is 8.97. The van der Waals surface area contributed by atoms with Gasteiger partial charge in [0, 0.05) is 25.7 Å². The van der Waals surface area contributed by atoms with Gasteiger partial charge in [-0.25, -0.2) is 4.99 Å². The standard InChI is InChI=1S/C20H24ClN3O3/c1-5-24(8-9-25)15-6-7-16(12(2)10-15)23-17-11-18(22-14(4)26)20(27)19(21)13(17)3/h6-7,10-11,25H,5,8-9H2,1-4H3,(H,22,26). The zero-order valence-electron chi connectivity index (χ0n) is 16.0. The monoisotopic (exact) mass is 389 g/mol. The van der Waals surface area contributed by atoms with E-state index in [-0.39, 0.29) is 23.2 Å². The third kappa shape index (κ3) is 4.84. The second-order valence-electron chi connectivity index (χ2n) is 6.28. The highest BCUT2D eigenvalue weighted by molar-refractivity contribution is 6.49. The van der Waals surface area contributed by atoms with Gasteiger partial charge >= 0.3 is 0 Å². The molecule has 6 nitrogen and oxygen atoms in total. The number of carbonyl (C=O) groups excluding carboxylic acids is 2. The molecular weight excluding hydrogens is 366 g/mol. The van der Waals surface area contributed by atoms with Crippen molar-refractivity contribution >= 4 is 40.4 Å². The van der Waals surface area contributed by atoms with E-state index in [1.807, 2.05) is 32.0 Å². The summed E-state index contributed by atoms with van der Waals surface area (Å²) in [4.78, 5) is 30.2. The maximum Gasteiger partial charge on any atom is 0.221 e. The molecule has 2 rings (SSSR count). The van der Waals surface area contributed by atoms with E-state index in [4.69, 9.17) is 11.6 Å². The maximum absolute atomic E-state index is 12.2. The molecule has 144 valence electrons. The Bertz CT molecular complexity index is 856. The Balaban J connectivity index is 2.42. The summed E-state index contributed by atoms with van der Waals surface area (Å²) < 4.78 is 0. The van der Waals surface area contributed by atoms with E-state index >= 15 is 0 Å². The van der Waals surface area contributed by atoms with Crippen LogP contribution < -0.4 is 10.2 Å². The third-order valence-electron chi connectivity index (χ3n) is 4.29. The van der Waals surface area contributed by atoms with Crippen LogP contribution in [0.4, 0.5) is 11.4 Å². The molecule has 0 unspecified atom stereocenters. The Hall–Kier alpha value is -2.44. The second-order valence-corrected chi connectivity index (χ2v) is 6.66. The molecule has 0 heterocycles. The van der Waals surface area contributed by atoms with Crippen LogP contribution in [0.3, 0.4) is 0 Å². The lowest BCUT2D eigenvalue weighted by Crippen LogP contribution is -2.29. The molecule has 1 aliphatic rings. The van der Waals surface area contributed by atoms with Gasteiger partial charge in [-0.15, -0.1) is 0 Å². The SMILES string of the molecule is CCN(CCO)c1ccc(N=C2C=C(NC(C)=O)C(=O)C(Cl)=C2C)c(C)c1. The van der Waals surface area contributed by atoms with Gasteiger partial charge < -0.3 is 15.3 Å². The number of anilines is 1. The smallest absolute Gasteiger partial charge is 0.221 e. The van der Waals surface area contributed by atoms with E-state index in [1.54, 1.807) is 13.0 Å². The van der Waals surface area contributed by atoms with Gasteiger partial charge in [0.25, 0.3) is 0 Å². The van der Waals surface area contributed by atoms with Crippen LogP contribution >= 0.6 is 11.6 Å². The first-order chi connectivity index (χ1) is 12.8. The van der Waals surface area contributed by atoms with Crippen LogP contribution in [-0.2, 0) is 9.59 Å². The number of aliphatic imine (C=N–C) groups is 1. The van der Waals surface area contributed by atoms with Crippen molar-refractivity contribution in [2.45, 2.75) is 27.7 Å². The first-order valence-corrected chi connectivity index (χ1v) is 9.12. The summed E-state index contributed by atoms with van der Waals surface area (Å²) in [6, 6.07) is 5.84. The predicted molar refractivity (Wildman–Crippen MR) is 109 cm³/mol. The normalized spacial score (nSPS) is 15.9. The maximum atomic E-state index is 12.2. The molecule has 1 aromatic carbocycles. The Kier molecular flexibility index (Phi) is 6.93. The lowest BCUT2D eigenvalue weighted by molar-refractivity contribution is -0.120. The number of hydrogen-bond donors (Lipinski definition) is 2. The van der Waals surface area contributed by atoms with E-state index < -0.39 is 5.78 Å². The number of carbonyl (C=O) groups is 2. The van der Waals surface area contributed by atoms with Gasteiger partial charge in [-0.2, -0.15) is 0 Å². The molecule has 2 N–H and O–H groups in total. The number of nitrogens with one attached hydrogen (secondary N) is 1. The van der Waals surface area contributed by atoms with Gasteiger partial charge in [0.15, 0.2) is 0 Å². The lowest BCUT2D eigenvalue weighted by atomic mass is 10.0. The first kappa shape index (κ1) is 20.9. The fraction of sp³-hybridized carbons (Fsp3) is 0.350. The number of likely N-dealkylation sites (N-methyl/N-ethyl adjacent to an activating group) is 1. The summed E-state index contributed by atoms with van der Waals surface area (Å²) in [5, 5.41) is 11.7. The van der Waals surface area contributed by atoms with E-state index in [0.717, 1.165) is 23.5 Å². The molecule has 0 saturated heterocycles. The lowest BCUT2D eigenvalue weighted by Gasteiger charge is -2.23. The van der Waals surface area contributed by atoms with Crippen LogP contribution in [0.15, 0.2) is 45.6 Å². The summed E-state index contributed by atoms with van der Waals surface area (Å²) in [7, 11) is 0. The minimum absolute atomic E-state index is 0.0503. The molecule has 0 aliphatic heterocycles. The Morgan fingerprint density at radius 2 is 2.04 bits per heavy atom. The number of amides is 1. The highest BCUT2D eigenvalue weighted by atomic mass is 35.5. The summed E-state index contributed by atoms with van der Waals surface area (Å²) in [5.41, 5.74) is 3.91. The Morgan fingerprint density at radius 3 is 2.59 bits per heavy atom. The molecular formula is C20H24ClN3O3. The van der Waals surface area contributed by atoms with Gasteiger partial charge in [-0.3, -0.25) is 9.59 Å². The average Bonchev–Trinajstić information content (AvgIpc) is 2.63.